The van der Waals surface area contributed by atoms with Crippen molar-refractivity contribution in [3.05, 3.63) is 108 Å². The van der Waals surface area contributed by atoms with Gasteiger partial charge in [-0.1, -0.05) is 91.0 Å². The molecule has 45 heavy (non-hydrogen) atoms. The number of hydrogen-bond acceptors (Lipinski definition) is 9. The fraction of sp³-hybridized carbons (Fsp3) is 0.333. The molecule has 0 unspecified atom stereocenters. The Morgan fingerprint density at radius 1 is 0.800 bits per heavy atom. The van der Waals surface area contributed by atoms with E-state index in [-0.39, 0.29) is 19.6 Å². The number of fused-ring (bicyclic) bond motifs is 1. The van der Waals surface area contributed by atoms with Gasteiger partial charge in [-0.3, -0.25) is 4.79 Å². The van der Waals surface area contributed by atoms with Crippen LogP contribution in [0.15, 0.2) is 91.0 Å². The normalized spacial score (nSPS) is 21.5. The van der Waals surface area contributed by atoms with Crippen molar-refractivity contribution in [3.8, 4) is 0 Å². The van der Waals surface area contributed by atoms with Crippen molar-refractivity contribution in [3.63, 3.8) is 0 Å². The van der Waals surface area contributed by atoms with Crippen LogP contribution in [0.1, 0.15) is 30.5 Å². The second kappa shape index (κ2) is 13.1. The number of hydrogen-bond donors (Lipinski definition) is 1. The van der Waals surface area contributed by atoms with Gasteiger partial charge in [0.1, 0.15) is 37.8 Å². The number of esters is 2. The summed E-state index contributed by atoms with van der Waals surface area (Å²) in [6.07, 6.45) is -0.783. The van der Waals surface area contributed by atoms with Crippen LogP contribution in [0.25, 0.3) is 0 Å². The van der Waals surface area contributed by atoms with E-state index >= 15 is 0 Å². The van der Waals surface area contributed by atoms with Crippen LogP contribution in [0, 0.1) is 5.92 Å². The summed E-state index contributed by atoms with van der Waals surface area (Å²) in [4.78, 5) is 53.2. The SMILES string of the molecule is CC1(C)[C@H](C(=O)OCc2ccccc2)N2C(=O)[C@@H](COC(=O)[C@H](Cc3ccccc3)NC(=O)OCc3ccccc3)[C@H]2S1(=O)=O. The van der Waals surface area contributed by atoms with Gasteiger partial charge >= 0.3 is 18.0 Å². The summed E-state index contributed by atoms with van der Waals surface area (Å²) in [6, 6.07) is 24.3. The number of amides is 2. The highest BCUT2D eigenvalue weighted by Gasteiger charge is 2.72. The molecule has 11 nitrogen and oxygen atoms in total. The van der Waals surface area contributed by atoms with E-state index in [1.165, 1.54) is 13.8 Å². The Morgan fingerprint density at radius 2 is 1.31 bits per heavy atom. The summed E-state index contributed by atoms with van der Waals surface area (Å²) in [5.74, 6) is -3.55. The van der Waals surface area contributed by atoms with Gasteiger partial charge in [-0.2, -0.15) is 0 Å². The van der Waals surface area contributed by atoms with Crippen molar-refractivity contribution in [2.75, 3.05) is 6.61 Å². The monoisotopic (exact) mass is 634 g/mol. The molecular weight excluding hydrogens is 600 g/mol. The number of carbonyl (C=O) groups is 4. The van der Waals surface area contributed by atoms with Gasteiger partial charge in [0.15, 0.2) is 15.2 Å². The van der Waals surface area contributed by atoms with Crippen LogP contribution in [0.3, 0.4) is 0 Å². The quantitative estimate of drug-likeness (QED) is 0.191. The first-order chi connectivity index (χ1) is 21.5. The zero-order valence-corrected chi connectivity index (χ0v) is 25.6. The third kappa shape index (κ3) is 6.56. The average molecular weight is 635 g/mol. The fourth-order valence-electron chi connectivity index (χ4n) is 5.57. The molecule has 1 N–H and O–H groups in total. The lowest BCUT2D eigenvalue weighted by molar-refractivity contribution is -0.172. The summed E-state index contributed by atoms with van der Waals surface area (Å²) in [7, 11) is -4.07. The molecule has 0 aromatic heterocycles. The van der Waals surface area contributed by atoms with E-state index in [0.29, 0.717) is 5.56 Å². The third-order valence-electron chi connectivity index (χ3n) is 8.10. The van der Waals surface area contributed by atoms with E-state index in [0.717, 1.165) is 16.0 Å². The van der Waals surface area contributed by atoms with Gasteiger partial charge in [0.2, 0.25) is 5.91 Å². The number of β-lactam (4-membered cyclic amide) rings is 1. The Morgan fingerprint density at radius 3 is 1.87 bits per heavy atom. The molecule has 2 amide bonds. The van der Waals surface area contributed by atoms with Crippen LogP contribution in [0.2, 0.25) is 0 Å². The highest BCUT2D eigenvalue weighted by Crippen LogP contribution is 2.49. The maximum absolute atomic E-state index is 13.6. The van der Waals surface area contributed by atoms with Crippen LogP contribution in [-0.4, -0.2) is 66.1 Å². The lowest BCUT2D eigenvalue weighted by Gasteiger charge is -2.42. The number of benzene rings is 3. The molecule has 2 heterocycles. The lowest BCUT2D eigenvalue weighted by Crippen LogP contribution is -2.65. The summed E-state index contributed by atoms with van der Waals surface area (Å²) in [6.45, 7) is 2.12. The van der Waals surface area contributed by atoms with Crippen molar-refractivity contribution in [2.45, 2.75) is 55.7 Å². The Bertz CT molecular complexity index is 1650. The Labute approximate surface area is 261 Å². The molecule has 0 aliphatic carbocycles. The molecular formula is C33H34N2O9S. The number of ether oxygens (including phenoxy) is 3. The second-order valence-electron chi connectivity index (χ2n) is 11.5. The van der Waals surface area contributed by atoms with Crippen LogP contribution in [-0.2, 0) is 58.1 Å². The van der Waals surface area contributed by atoms with E-state index in [1.54, 1.807) is 78.9 Å². The van der Waals surface area contributed by atoms with Gasteiger partial charge in [0.25, 0.3) is 0 Å². The Hall–Kier alpha value is -4.71. The maximum Gasteiger partial charge on any atom is 0.408 e. The highest BCUT2D eigenvalue weighted by atomic mass is 32.2. The molecule has 0 saturated carbocycles. The standard InChI is InChI=1S/C33H34N2O9S/c1-33(2)27(31(38)42-19-23-14-8-4-9-15-23)35-28(36)25(29(35)45(33,40)41)21-43-30(37)26(18-22-12-6-3-7-13-22)34-32(39)44-20-24-16-10-5-11-17-24/h3-17,25-27,29H,18-21H2,1-2H3,(H,34,39)/t25-,26+,27+,29-/m1/s1. The zero-order chi connectivity index (χ0) is 32.2. The van der Waals surface area contributed by atoms with Crippen LogP contribution < -0.4 is 5.32 Å². The predicted molar refractivity (Wildman–Crippen MR) is 162 cm³/mol. The van der Waals surface area contributed by atoms with Crippen LogP contribution in [0.4, 0.5) is 4.79 Å². The fourth-order valence-corrected chi connectivity index (χ4v) is 7.87. The Kier molecular flexibility index (Phi) is 9.24. The summed E-state index contributed by atoms with van der Waals surface area (Å²) < 4.78 is 41.6. The summed E-state index contributed by atoms with van der Waals surface area (Å²) >= 11 is 0. The van der Waals surface area contributed by atoms with E-state index in [9.17, 15) is 27.6 Å². The Balaban J connectivity index is 1.24. The molecule has 2 aliphatic heterocycles. The highest BCUT2D eigenvalue weighted by molar-refractivity contribution is 7.93. The predicted octanol–water partition coefficient (Wildman–Crippen LogP) is 3.17. The molecule has 0 bridgehead atoms. The molecule has 2 aliphatic rings. The third-order valence-corrected chi connectivity index (χ3v) is 11.0. The average Bonchev–Trinajstić information content (AvgIpc) is 3.18. The largest absolute Gasteiger partial charge is 0.463 e. The van der Waals surface area contributed by atoms with Gasteiger partial charge in [0.05, 0.1) is 4.75 Å². The van der Waals surface area contributed by atoms with Gasteiger partial charge < -0.3 is 24.4 Å². The van der Waals surface area contributed by atoms with Crippen LogP contribution in [0.5, 0.6) is 0 Å². The molecule has 0 radical (unpaired) electrons. The molecule has 2 fully saturated rings. The number of alkyl carbamates (subject to hydrolysis) is 1. The molecule has 3 aromatic carbocycles. The molecule has 2 saturated heterocycles. The van der Waals surface area contributed by atoms with E-state index in [1.807, 2.05) is 12.1 Å². The minimum Gasteiger partial charge on any atom is -0.463 e. The van der Waals surface area contributed by atoms with Crippen molar-refractivity contribution < 1.29 is 41.8 Å². The second-order valence-corrected chi connectivity index (χ2v) is 14.1. The minimum atomic E-state index is -4.07. The molecule has 0 spiro atoms. The first-order valence-electron chi connectivity index (χ1n) is 14.4. The lowest BCUT2D eigenvalue weighted by atomic mass is 9.92. The number of sulfone groups is 1. The molecule has 3 aromatic rings. The zero-order valence-electron chi connectivity index (χ0n) is 24.8. The van der Waals surface area contributed by atoms with Gasteiger partial charge in [0, 0.05) is 6.42 Å². The summed E-state index contributed by atoms with van der Waals surface area (Å²) in [5.41, 5.74) is 2.19. The van der Waals surface area contributed by atoms with E-state index < -0.39 is 68.5 Å². The number of nitrogens with zero attached hydrogens (tertiary/aromatic N) is 1. The first-order valence-corrected chi connectivity index (χ1v) is 16.0. The molecule has 5 rings (SSSR count). The smallest absolute Gasteiger partial charge is 0.408 e. The van der Waals surface area contributed by atoms with Gasteiger partial charge in [-0.25, -0.2) is 22.8 Å². The van der Waals surface area contributed by atoms with Crippen molar-refractivity contribution in [2.24, 2.45) is 5.92 Å². The summed E-state index contributed by atoms with van der Waals surface area (Å²) in [5, 5.41) is 1.16. The van der Waals surface area contributed by atoms with Gasteiger partial charge in [-0.15, -0.1) is 0 Å². The molecule has 236 valence electrons. The van der Waals surface area contributed by atoms with Crippen molar-refractivity contribution in [1.29, 1.82) is 0 Å². The van der Waals surface area contributed by atoms with Crippen molar-refractivity contribution in [1.82, 2.24) is 10.2 Å². The van der Waals surface area contributed by atoms with Gasteiger partial charge in [-0.05, 0) is 30.5 Å². The van der Waals surface area contributed by atoms with Crippen LogP contribution >= 0.6 is 0 Å². The van der Waals surface area contributed by atoms with E-state index in [4.69, 9.17) is 14.2 Å². The number of rotatable bonds is 11. The number of nitrogens with one attached hydrogen (secondary N) is 1. The first kappa shape index (κ1) is 31.7. The minimum absolute atomic E-state index is 0.0174. The maximum atomic E-state index is 13.6. The van der Waals surface area contributed by atoms with Crippen molar-refractivity contribution >= 4 is 33.8 Å². The molecule has 4 atom stereocenters. The topological polar surface area (TPSA) is 145 Å². The van der Waals surface area contributed by atoms with E-state index in [2.05, 4.69) is 5.32 Å². The number of carbonyl (C=O) groups excluding carboxylic acids is 4. The molecule has 12 heteroatoms.